The van der Waals surface area contributed by atoms with Crippen LogP contribution in [0.1, 0.15) is 122 Å². The Labute approximate surface area is 253 Å². The molecule has 224 valence electrons. The van der Waals surface area contributed by atoms with E-state index in [2.05, 4.69) is 81.7 Å². The van der Waals surface area contributed by atoms with Crippen molar-refractivity contribution in [3.63, 3.8) is 0 Å². The molecule has 0 radical (unpaired) electrons. The van der Waals surface area contributed by atoms with E-state index in [4.69, 9.17) is 0 Å². The number of benzene rings is 2. The summed E-state index contributed by atoms with van der Waals surface area (Å²) >= 11 is 0. The molecule has 0 unspecified atom stereocenters. The summed E-state index contributed by atoms with van der Waals surface area (Å²) < 4.78 is 0. The molecule has 2 aliphatic heterocycles. The molecule has 2 aromatic rings. The molecular formula is C38H50N2O2. The van der Waals surface area contributed by atoms with Crippen LogP contribution in [0.5, 0.6) is 0 Å². The van der Waals surface area contributed by atoms with Crippen molar-refractivity contribution in [2.75, 3.05) is 22.9 Å². The molecule has 4 bridgehead atoms. The Hall–Kier alpha value is -2.62. The Bertz CT molecular complexity index is 1320. The van der Waals surface area contributed by atoms with Crippen LogP contribution in [0.15, 0.2) is 30.3 Å². The van der Waals surface area contributed by atoms with E-state index in [1.165, 1.54) is 55.2 Å². The molecule has 42 heavy (non-hydrogen) atoms. The van der Waals surface area contributed by atoms with E-state index in [0.717, 1.165) is 66.2 Å². The van der Waals surface area contributed by atoms with E-state index in [9.17, 15) is 9.59 Å². The highest BCUT2D eigenvalue weighted by molar-refractivity contribution is 6.07. The number of rotatable bonds is 4. The van der Waals surface area contributed by atoms with Gasteiger partial charge in [0.1, 0.15) is 0 Å². The number of hydrogen-bond donors (Lipinski definition) is 0. The minimum Gasteiger partial charge on any atom is -0.312 e. The summed E-state index contributed by atoms with van der Waals surface area (Å²) in [5.41, 5.74) is 8.46. The van der Waals surface area contributed by atoms with Gasteiger partial charge in [-0.2, -0.15) is 0 Å². The van der Waals surface area contributed by atoms with Crippen molar-refractivity contribution in [1.82, 2.24) is 0 Å². The summed E-state index contributed by atoms with van der Waals surface area (Å²) in [5.74, 6) is 2.95. The molecule has 4 heteroatoms. The highest BCUT2D eigenvalue weighted by Crippen LogP contribution is 2.62. The lowest BCUT2D eigenvalue weighted by molar-refractivity contribution is -0.117. The Morgan fingerprint density at radius 2 is 1.07 bits per heavy atom. The lowest BCUT2D eigenvalue weighted by atomic mass is 9.48. The molecule has 0 aromatic heterocycles. The van der Waals surface area contributed by atoms with E-state index in [1.807, 2.05) is 0 Å². The number of hydrogen-bond acceptors (Lipinski definition) is 2. The third kappa shape index (κ3) is 4.72. The van der Waals surface area contributed by atoms with Crippen LogP contribution in [-0.4, -0.2) is 24.9 Å². The van der Waals surface area contributed by atoms with Crippen molar-refractivity contribution in [3.8, 4) is 11.1 Å². The normalized spacial score (nSPS) is 29.3. The highest BCUT2D eigenvalue weighted by atomic mass is 16.2. The van der Waals surface area contributed by atoms with Crippen LogP contribution in [0.2, 0.25) is 0 Å². The van der Waals surface area contributed by atoms with Gasteiger partial charge in [-0.15, -0.1) is 0 Å². The van der Waals surface area contributed by atoms with E-state index < -0.39 is 0 Å². The van der Waals surface area contributed by atoms with Gasteiger partial charge in [-0.3, -0.25) is 9.59 Å². The standard InChI is InChI=1S/C38H50N2O2/c1-36(2,3)28-16-27(17-29(18-28)37(4,5)6)35-31(39-11-7-9-33(39)41)19-30(20-32(35)40-12-8-10-34(40)42)38-21-24-13-25(22-38)15-26(14-24)23-38/h16-20,24-26H,7-15,21-23H2,1-6H3. The average molecular weight is 567 g/mol. The molecule has 4 nitrogen and oxygen atoms in total. The largest absolute Gasteiger partial charge is 0.312 e. The van der Waals surface area contributed by atoms with Crippen LogP contribution in [0, 0.1) is 17.8 Å². The Morgan fingerprint density at radius 1 is 0.643 bits per heavy atom. The number of anilines is 2. The number of carbonyl (C=O) groups excluding carboxylic acids is 2. The summed E-state index contributed by atoms with van der Waals surface area (Å²) in [6, 6.07) is 11.9. The van der Waals surface area contributed by atoms with Crippen molar-refractivity contribution in [2.45, 2.75) is 122 Å². The first-order chi connectivity index (χ1) is 19.8. The Balaban J connectivity index is 1.51. The number of carbonyl (C=O) groups is 2. The van der Waals surface area contributed by atoms with Gasteiger partial charge >= 0.3 is 0 Å². The topological polar surface area (TPSA) is 40.6 Å². The summed E-state index contributed by atoms with van der Waals surface area (Å²) in [4.78, 5) is 31.2. The quantitative estimate of drug-likeness (QED) is 0.371. The fraction of sp³-hybridized carbons (Fsp3) is 0.632. The van der Waals surface area contributed by atoms with E-state index in [0.29, 0.717) is 12.8 Å². The summed E-state index contributed by atoms with van der Waals surface area (Å²) in [5, 5.41) is 0. The van der Waals surface area contributed by atoms with E-state index in [1.54, 1.807) is 0 Å². The molecule has 4 saturated carbocycles. The second-order valence-corrected chi connectivity index (χ2v) is 16.7. The van der Waals surface area contributed by atoms with Gasteiger partial charge in [0.2, 0.25) is 11.8 Å². The fourth-order valence-corrected chi connectivity index (χ4v) is 9.55. The molecule has 6 fully saturated rings. The predicted molar refractivity (Wildman–Crippen MR) is 172 cm³/mol. The molecule has 0 spiro atoms. The van der Waals surface area contributed by atoms with Crippen molar-refractivity contribution < 1.29 is 9.59 Å². The smallest absolute Gasteiger partial charge is 0.227 e. The third-order valence-corrected chi connectivity index (χ3v) is 11.4. The Kier molecular flexibility index (Phi) is 6.50. The second-order valence-electron chi connectivity index (χ2n) is 16.7. The monoisotopic (exact) mass is 566 g/mol. The molecule has 2 saturated heterocycles. The summed E-state index contributed by atoms with van der Waals surface area (Å²) in [6.45, 7) is 15.2. The molecule has 4 aliphatic carbocycles. The molecule has 8 rings (SSSR count). The zero-order valence-corrected chi connectivity index (χ0v) is 26.8. The number of amides is 2. The van der Waals surface area contributed by atoms with Crippen LogP contribution < -0.4 is 9.80 Å². The molecule has 2 aromatic carbocycles. The van der Waals surface area contributed by atoms with Gasteiger partial charge in [-0.1, -0.05) is 59.7 Å². The van der Waals surface area contributed by atoms with Gasteiger partial charge in [0.25, 0.3) is 0 Å². The van der Waals surface area contributed by atoms with Crippen molar-refractivity contribution in [1.29, 1.82) is 0 Å². The molecule has 0 N–H and O–H groups in total. The van der Waals surface area contributed by atoms with Gasteiger partial charge in [0, 0.05) is 31.5 Å². The second kappa shape index (κ2) is 9.69. The number of nitrogens with zero attached hydrogens (tertiary/aromatic N) is 2. The van der Waals surface area contributed by atoms with Gasteiger partial charge in [-0.05, 0) is 120 Å². The predicted octanol–water partition coefficient (Wildman–Crippen LogP) is 8.67. The van der Waals surface area contributed by atoms with Gasteiger partial charge in [0.05, 0.1) is 11.4 Å². The van der Waals surface area contributed by atoms with Crippen molar-refractivity contribution in [2.24, 2.45) is 17.8 Å². The summed E-state index contributed by atoms with van der Waals surface area (Å²) in [7, 11) is 0. The first kappa shape index (κ1) is 28.2. The Morgan fingerprint density at radius 3 is 1.43 bits per heavy atom. The van der Waals surface area contributed by atoms with Crippen LogP contribution in [0.25, 0.3) is 11.1 Å². The van der Waals surface area contributed by atoms with Crippen LogP contribution in [0.3, 0.4) is 0 Å². The van der Waals surface area contributed by atoms with Gasteiger partial charge < -0.3 is 9.80 Å². The SMILES string of the molecule is CC(C)(C)c1cc(-c2c(N3CCCC3=O)cc(C34CC5CC(CC(C5)C3)C4)cc2N2CCCC2=O)cc(C(C)(C)C)c1. The first-order valence-electron chi connectivity index (χ1n) is 16.8. The highest BCUT2D eigenvalue weighted by Gasteiger charge is 2.52. The van der Waals surface area contributed by atoms with Gasteiger partial charge in [0.15, 0.2) is 0 Å². The molecule has 2 heterocycles. The van der Waals surface area contributed by atoms with Crippen LogP contribution >= 0.6 is 0 Å². The fourth-order valence-electron chi connectivity index (χ4n) is 9.55. The van der Waals surface area contributed by atoms with Crippen molar-refractivity contribution >= 4 is 23.2 Å². The zero-order chi connectivity index (χ0) is 29.6. The molecular weight excluding hydrogens is 516 g/mol. The van der Waals surface area contributed by atoms with Crippen LogP contribution in [-0.2, 0) is 25.8 Å². The van der Waals surface area contributed by atoms with E-state index in [-0.39, 0.29) is 28.1 Å². The van der Waals surface area contributed by atoms with Crippen molar-refractivity contribution in [3.05, 3.63) is 47.0 Å². The minimum atomic E-state index is -0.0254. The minimum absolute atomic E-state index is 0.0254. The first-order valence-corrected chi connectivity index (χ1v) is 16.8. The molecule has 2 amide bonds. The lowest BCUT2D eigenvalue weighted by Gasteiger charge is -2.57. The van der Waals surface area contributed by atoms with Gasteiger partial charge in [-0.25, -0.2) is 0 Å². The summed E-state index contributed by atoms with van der Waals surface area (Å²) in [6.07, 6.45) is 11.0. The maximum Gasteiger partial charge on any atom is 0.227 e. The molecule has 0 atom stereocenters. The average Bonchev–Trinajstić information content (AvgIpc) is 3.53. The zero-order valence-electron chi connectivity index (χ0n) is 26.8. The third-order valence-electron chi connectivity index (χ3n) is 11.4. The maximum absolute atomic E-state index is 13.5. The van der Waals surface area contributed by atoms with E-state index >= 15 is 0 Å². The van der Waals surface area contributed by atoms with Crippen LogP contribution in [0.4, 0.5) is 11.4 Å². The molecule has 6 aliphatic rings. The lowest BCUT2D eigenvalue weighted by Crippen LogP contribution is -2.48. The maximum atomic E-state index is 13.5.